The third-order valence-electron chi connectivity index (χ3n) is 3.27. The molecule has 4 nitrogen and oxygen atoms in total. The lowest BCUT2D eigenvalue weighted by molar-refractivity contribution is 0.449. The van der Waals surface area contributed by atoms with Crippen LogP contribution in [-0.2, 0) is 6.54 Å². The van der Waals surface area contributed by atoms with Crippen LogP contribution in [0.5, 0.6) is 0 Å². The summed E-state index contributed by atoms with van der Waals surface area (Å²) in [6.45, 7) is 4.76. The van der Waals surface area contributed by atoms with Gasteiger partial charge in [0.1, 0.15) is 11.3 Å². The minimum Gasteiger partial charge on any atom is -0.459 e. The van der Waals surface area contributed by atoms with E-state index in [1.165, 1.54) is 0 Å². The second kappa shape index (κ2) is 5.31. The van der Waals surface area contributed by atoms with Crippen molar-refractivity contribution in [2.45, 2.75) is 26.4 Å². The molecule has 2 heterocycles. The molecule has 0 amide bonds. The first-order valence-corrected chi connectivity index (χ1v) is 6.93. The van der Waals surface area contributed by atoms with Crippen molar-refractivity contribution in [1.82, 2.24) is 15.5 Å². The summed E-state index contributed by atoms with van der Waals surface area (Å²) in [4.78, 5) is 0. The molecule has 1 atom stereocenters. The van der Waals surface area contributed by atoms with Crippen molar-refractivity contribution in [3.8, 4) is 0 Å². The predicted molar refractivity (Wildman–Crippen MR) is 79.8 cm³/mol. The molecule has 5 heteroatoms. The lowest BCUT2D eigenvalue weighted by Crippen LogP contribution is -2.17. The number of nitrogens with one attached hydrogen (secondary N) is 2. The average molecular weight is 290 g/mol. The van der Waals surface area contributed by atoms with E-state index in [9.17, 15) is 0 Å². The Balaban J connectivity index is 1.73. The lowest BCUT2D eigenvalue weighted by atomic mass is 10.2. The smallest absolute Gasteiger partial charge is 0.134 e. The minimum absolute atomic E-state index is 0.109. The van der Waals surface area contributed by atoms with Crippen LogP contribution in [-0.4, -0.2) is 10.2 Å². The third-order valence-corrected chi connectivity index (χ3v) is 3.51. The summed E-state index contributed by atoms with van der Waals surface area (Å²) in [5.74, 6) is 0.898. The Morgan fingerprint density at radius 1 is 1.35 bits per heavy atom. The molecule has 0 aliphatic rings. The van der Waals surface area contributed by atoms with Crippen LogP contribution in [0, 0.1) is 6.92 Å². The highest BCUT2D eigenvalue weighted by molar-refractivity contribution is 6.31. The van der Waals surface area contributed by atoms with Crippen molar-refractivity contribution in [3.05, 3.63) is 52.5 Å². The summed E-state index contributed by atoms with van der Waals surface area (Å²) >= 11 is 5.98. The predicted octanol–water partition coefficient (Wildman–Crippen LogP) is 3.97. The van der Waals surface area contributed by atoms with Crippen molar-refractivity contribution < 1.29 is 4.42 Å². The summed E-state index contributed by atoms with van der Waals surface area (Å²) in [7, 11) is 0. The largest absolute Gasteiger partial charge is 0.459 e. The monoisotopic (exact) mass is 289 g/mol. The minimum atomic E-state index is 0.109. The van der Waals surface area contributed by atoms with Gasteiger partial charge in [0.15, 0.2) is 0 Å². The summed E-state index contributed by atoms with van der Waals surface area (Å²) in [6, 6.07) is 9.80. The normalized spacial score (nSPS) is 12.9. The Morgan fingerprint density at radius 2 is 2.20 bits per heavy atom. The van der Waals surface area contributed by atoms with Crippen LogP contribution in [0.1, 0.15) is 30.1 Å². The molecule has 3 aromatic rings. The molecule has 0 bridgehead atoms. The van der Waals surface area contributed by atoms with Crippen LogP contribution < -0.4 is 5.32 Å². The Morgan fingerprint density at radius 3 is 2.95 bits per heavy atom. The molecular formula is C15H16ClN3O. The zero-order valence-electron chi connectivity index (χ0n) is 11.4. The number of rotatable bonds is 4. The van der Waals surface area contributed by atoms with E-state index in [2.05, 4.69) is 22.4 Å². The van der Waals surface area contributed by atoms with Gasteiger partial charge in [-0.1, -0.05) is 11.6 Å². The molecule has 0 fully saturated rings. The first-order chi connectivity index (χ1) is 9.61. The SMILES string of the molecule is Cc1cc(CNC(C)c2cc3cc(Cl)ccc3o2)n[nH]1. The standard InChI is InChI=1S/C15H16ClN3O/c1-9-5-13(19-18-9)8-17-10(2)15-7-11-6-12(16)3-4-14(11)20-15/h3-7,10,17H,8H2,1-2H3,(H,18,19). The molecular weight excluding hydrogens is 274 g/mol. The van der Waals surface area contributed by atoms with Crippen LogP contribution in [0.2, 0.25) is 5.02 Å². The van der Waals surface area contributed by atoms with Crippen LogP contribution in [0.3, 0.4) is 0 Å². The van der Waals surface area contributed by atoms with E-state index in [4.69, 9.17) is 16.0 Å². The molecule has 1 aromatic carbocycles. The number of aryl methyl sites for hydroxylation is 1. The van der Waals surface area contributed by atoms with E-state index >= 15 is 0 Å². The molecule has 0 aliphatic carbocycles. The highest BCUT2D eigenvalue weighted by Gasteiger charge is 2.12. The van der Waals surface area contributed by atoms with Crippen LogP contribution in [0.15, 0.2) is 34.7 Å². The summed E-state index contributed by atoms with van der Waals surface area (Å²) in [6.07, 6.45) is 0. The van der Waals surface area contributed by atoms with Gasteiger partial charge < -0.3 is 9.73 Å². The fourth-order valence-electron chi connectivity index (χ4n) is 2.17. The number of fused-ring (bicyclic) bond motifs is 1. The number of nitrogens with zero attached hydrogens (tertiary/aromatic N) is 1. The van der Waals surface area contributed by atoms with Crippen LogP contribution >= 0.6 is 11.6 Å². The number of aromatic amines is 1. The Hall–Kier alpha value is -1.78. The number of benzene rings is 1. The van der Waals surface area contributed by atoms with E-state index in [1.807, 2.05) is 37.3 Å². The van der Waals surface area contributed by atoms with Gasteiger partial charge in [-0.05, 0) is 44.2 Å². The van der Waals surface area contributed by atoms with Gasteiger partial charge in [-0.15, -0.1) is 0 Å². The van der Waals surface area contributed by atoms with Crippen LogP contribution in [0.4, 0.5) is 0 Å². The number of halogens is 1. The molecule has 0 radical (unpaired) electrons. The maximum atomic E-state index is 5.98. The third kappa shape index (κ3) is 2.71. The fourth-order valence-corrected chi connectivity index (χ4v) is 2.35. The first-order valence-electron chi connectivity index (χ1n) is 6.55. The quantitative estimate of drug-likeness (QED) is 0.764. The Kier molecular flexibility index (Phi) is 3.51. The molecule has 0 saturated heterocycles. The van der Waals surface area contributed by atoms with Crippen molar-refractivity contribution in [3.63, 3.8) is 0 Å². The van der Waals surface area contributed by atoms with E-state index in [-0.39, 0.29) is 6.04 Å². The van der Waals surface area contributed by atoms with Crippen molar-refractivity contribution in [1.29, 1.82) is 0 Å². The summed E-state index contributed by atoms with van der Waals surface area (Å²) in [5.41, 5.74) is 2.91. The van der Waals surface area contributed by atoms with Gasteiger partial charge in [0.05, 0.1) is 11.7 Å². The molecule has 2 N–H and O–H groups in total. The van der Waals surface area contributed by atoms with Gasteiger partial charge in [0.2, 0.25) is 0 Å². The second-order valence-corrected chi connectivity index (χ2v) is 5.41. The van der Waals surface area contributed by atoms with Crippen LogP contribution in [0.25, 0.3) is 11.0 Å². The molecule has 3 rings (SSSR count). The summed E-state index contributed by atoms with van der Waals surface area (Å²) in [5, 5.41) is 12.3. The van der Waals surface area contributed by atoms with Gasteiger partial charge >= 0.3 is 0 Å². The fraction of sp³-hybridized carbons (Fsp3) is 0.267. The van der Waals surface area contributed by atoms with Crippen molar-refractivity contribution in [2.75, 3.05) is 0 Å². The number of hydrogen-bond donors (Lipinski definition) is 2. The Bertz CT molecular complexity index is 732. The lowest BCUT2D eigenvalue weighted by Gasteiger charge is -2.09. The number of furan rings is 1. The van der Waals surface area contributed by atoms with Gasteiger partial charge in [0, 0.05) is 22.6 Å². The molecule has 0 saturated carbocycles. The zero-order chi connectivity index (χ0) is 14.1. The molecule has 2 aromatic heterocycles. The van der Waals surface area contributed by atoms with E-state index in [0.717, 1.165) is 33.1 Å². The molecule has 20 heavy (non-hydrogen) atoms. The molecule has 104 valence electrons. The van der Waals surface area contributed by atoms with E-state index < -0.39 is 0 Å². The van der Waals surface area contributed by atoms with Gasteiger partial charge in [-0.25, -0.2) is 0 Å². The molecule has 0 spiro atoms. The number of H-pyrrole nitrogens is 1. The molecule has 1 unspecified atom stereocenters. The topological polar surface area (TPSA) is 53.9 Å². The number of aromatic nitrogens is 2. The average Bonchev–Trinajstić information content (AvgIpc) is 3.01. The van der Waals surface area contributed by atoms with Gasteiger partial charge in [-0.3, -0.25) is 5.10 Å². The maximum absolute atomic E-state index is 5.98. The zero-order valence-corrected chi connectivity index (χ0v) is 12.2. The van der Waals surface area contributed by atoms with E-state index in [0.29, 0.717) is 6.54 Å². The van der Waals surface area contributed by atoms with Gasteiger partial charge in [0.25, 0.3) is 0 Å². The summed E-state index contributed by atoms with van der Waals surface area (Å²) < 4.78 is 5.83. The maximum Gasteiger partial charge on any atom is 0.134 e. The number of hydrogen-bond acceptors (Lipinski definition) is 3. The second-order valence-electron chi connectivity index (χ2n) is 4.98. The van der Waals surface area contributed by atoms with Gasteiger partial charge in [-0.2, -0.15) is 5.10 Å². The first kappa shape index (κ1) is 13.2. The van der Waals surface area contributed by atoms with E-state index in [1.54, 1.807) is 0 Å². The highest BCUT2D eigenvalue weighted by atomic mass is 35.5. The van der Waals surface area contributed by atoms with Crippen molar-refractivity contribution >= 4 is 22.6 Å². The van der Waals surface area contributed by atoms with Crippen molar-refractivity contribution in [2.24, 2.45) is 0 Å². The Labute approximate surface area is 122 Å². The molecule has 0 aliphatic heterocycles. The highest BCUT2D eigenvalue weighted by Crippen LogP contribution is 2.26.